The number of benzene rings is 2. The van der Waals surface area contributed by atoms with E-state index in [4.69, 9.17) is 16.7 Å². The minimum atomic E-state index is -1.06. The van der Waals surface area contributed by atoms with Crippen molar-refractivity contribution in [1.82, 2.24) is 4.57 Å². The van der Waals surface area contributed by atoms with Gasteiger partial charge in [-0.2, -0.15) is 0 Å². The Bertz CT molecular complexity index is 1030. The second kappa shape index (κ2) is 6.22. The molecule has 0 spiro atoms. The summed E-state index contributed by atoms with van der Waals surface area (Å²) in [6, 6.07) is 8.05. The predicted molar refractivity (Wildman–Crippen MR) is 90.8 cm³/mol. The lowest BCUT2D eigenvalue weighted by Gasteiger charge is -2.08. The molecule has 2 N–H and O–H groups in total. The van der Waals surface area contributed by atoms with Crippen molar-refractivity contribution in [3.05, 3.63) is 64.1 Å². The highest BCUT2D eigenvalue weighted by Crippen LogP contribution is 2.30. The van der Waals surface area contributed by atoms with E-state index in [1.165, 1.54) is 34.9 Å². The zero-order chi connectivity index (χ0) is 18.3. The zero-order valence-corrected chi connectivity index (χ0v) is 13.8. The molecule has 128 valence electrons. The van der Waals surface area contributed by atoms with Crippen molar-refractivity contribution in [2.75, 3.05) is 0 Å². The van der Waals surface area contributed by atoms with Crippen LogP contribution in [0, 0.1) is 12.7 Å². The first-order valence-electron chi connectivity index (χ1n) is 7.34. The van der Waals surface area contributed by atoms with Gasteiger partial charge in [0.15, 0.2) is 0 Å². The van der Waals surface area contributed by atoms with Crippen molar-refractivity contribution in [2.45, 2.75) is 13.3 Å². The summed E-state index contributed by atoms with van der Waals surface area (Å²) in [7, 11) is 0. The summed E-state index contributed by atoms with van der Waals surface area (Å²) < 4.78 is 15.0. The molecule has 0 atom stereocenters. The number of carboxylic acids is 1. The lowest BCUT2D eigenvalue weighted by atomic mass is 10.1. The fourth-order valence-corrected chi connectivity index (χ4v) is 2.98. The van der Waals surface area contributed by atoms with Crippen molar-refractivity contribution in [3.8, 4) is 5.75 Å². The number of carboxylic acid groups (broad SMARTS) is 1. The molecule has 0 saturated heterocycles. The summed E-state index contributed by atoms with van der Waals surface area (Å²) in [5.74, 6) is -2.33. The van der Waals surface area contributed by atoms with E-state index >= 15 is 0 Å². The van der Waals surface area contributed by atoms with Gasteiger partial charge in [-0.1, -0.05) is 11.6 Å². The number of phenolic OH excluding ortho intramolecular Hbond substituents is 1. The van der Waals surface area contributed by atoms with E-state index in [0.29, 0.717) is 22.2 Å². The highest BCUT2D eigenvalue weighted by molar-refractivity contribution is 6.30. The van der Waals surface area contributed by atoms with Gasteiger partial charge < -0.3 is 10.2 Å². The fourth-order valence-electron chi connectivity index (χ4n) is 2.87. The Kier molecular flexibility index (Phi) is 4.22. The Balaban J connectivity index is 2.24. The SMILES string of the molecule is Cc1c(CC(=O)O)c2cc(O)ccc2n1C(=O)c1ccc(Cl)c(F)c1. The van der Waals surface area contributed by atoms with Gasteiger partial charge in [-0.25, -0.2) is 4.39 Å². The zero-order valence-electron chi connectivity index (χ0n) is 13.1. The van der Waals surface area contributed by atoms with Crippen LogP contribution < -0.4 is 0 Å². The van der Waals surface area contributed by atoms with Crippen LogP contribution in [-0.2, 0) is 11.2 Å². The van der Waals surface area contributed by atoms with Crippen molar-refractivity contribution >= 4 is 34.4 Å². The monoisotopic (exact) mass is 361 g/mol. The van der Waals surface area contributed by atoms with Crippen molar-refractivity contribution in [1.29, 1.82) is 0 Å². The van der Waals surface area contributed by atoms with Crippen LogP contribution in [0.15, 0.2) is 36.4 Å². The molecule has 0 amide bonds. The Hall–Kier alpha value is -2.86. The molecule has 0 aliphatic heterocycles. The van der Waals surface area contributed by atoms with Crippen LogP contribution in [0.2, 0.25) is 5.02 Å². The van der Waals surface area contributed by atoms with E-state index in [-0.39, 0.29) is 22.8 Å². The maximum Gasteiger partial charge on any atom is 0.307 e. The van der Waals surface area contributed by atoms with Gasteiger partial charge in [-0.3, -0.25) is 14.2 Å². The minimum absolute atomic E-state index is 0.0405. The smallest absolute Gasteiger partial charge is 0.307 e. The molecule has 1 heterocycles. The van der Waals surface area contributed by atoms with E-state index < -0.39 is 17.7 Å². The van der Waals surface area contributed by atoms with Crippen LogP contribution in [0.5, 0.6) is 5.75 Å². The minimum Gasteiger partial charge on any atom is -0.508 e. The summed E-state index contributed by atoms with van der Waals surface area (Å²) in [6.45, 7) is 1.61. The number of hydrogen-bond acceptors (Lipinski definition) is 3. The first kappa shape index (κ1) is 17.0. The van der Waals surface area contributed by atoms with Gasteiger partial charge in [0.25, 0.3) is 5.91 Å². The van der Waals surface area contributed by atoms with Gasteiger partial charge in [0, 0.05) is 16.6 Å². The number of halogens is 2. The second-order valence-electron chi connectivity index (χ2n) is 5.61. The lowest BCUT2D eigenvalue weighted by molar-refractivity contribution is -0.136. The highest BCUT2D eigenvalue weighted by atomic mass is 35.5. The van der Waals surface area contributed by atoms with Gasteiger partial charge in [0.1, 0.15) is 11.6 Å². The molecule has 7 heteroatoms. The van der Waals surface area contributed by atoms with Gasteiger partial charge in [0.2, 0.25) is 0 Å². The van der Waals surface area contributed by atoms with Crippen molar-refractivity contribution < 1.29 is 24.2 Å². The normalized spacial score (nSPS) is 11.0. The number of carbonyl (C=O) groups excluding carboxylic acids is 1. The molecule has 0 unspecified atom stereocenters. The van der Waals surface area contributed by atoms with Gasteiger partial charge >= 0.3 is 5.97 Å². The summed E-state index contributed by atoms with van der Waals surface area (Å²) in [4.78, 5) is 24.0. The number of carbonyl (C=O) groups is 2. The van der Waals surface area contributed by atoms with Crippen LogP contribution in [0.1, 0.15) is 21.6 Å². The second-order valence-corrected chi connectivity index (χ2v) is 6.01. The Morgan fingerprint density at radius 3 is 2.56 bits per heavy atom. The molecule has 0 radical (unpaired) electrons. The van der Waals surface area contributed by atoms with Crippen LogP contribution in [-0.4, -0.2) is 26.7 Å². The molecule has 0 bridgehead atoms. The Morgan fingerprint density at radius 2 is 1.92 bits per heavy atom. The molecule has 5 nitrogen and oxygen atoms in total. The van der Waals surface area contributed by atoms with Crippen LogP contribution in [0.4, 0.5) is 4.39 Å². The molecule has 0 saturated carbocycles. The molecule has 0 aliphatic rings. The van der Waals surface area contributed by atoms with Crippen LogP contribution >= 0.6 is 11.6 Å². The summed E-state index contributed by atoms with van der Waals surface area (Å²) in [5.41, 5.74) is 1.35. The first-order valence-corrected chi connectivity index (χ1v) is 7.72. The first-order chi connectivity index (χ1) is 11.8. The maximum atomic E-state index is 13.7. The van der Waals surface area contributed by atoms with E-state index in [0.717, 1.165) is 6.07 Å². The van der Waals surface area contributed by atoms with E-state index in [1.54, 1.807) is 6.92 Å². The van der Waals surface area contributed by atoms with E-state index in [2.05, 4.69) is 0 Å². The largest absolute Gasteiger partial charge is 0.508 e. The van der Waals surface area contributed by atoms with Gasteiger partial charge in [-0.05, 0) is 48.9 Å². The molecule has 0 fully saturated rings. The van der Waals surface area contributed by atoms with Crippen LogP contribution in [0.25, 0.3) is 10.9 Å². The molecule has 0 aliphatic carbocycles. The maximum absolute atomic E-state index is 13.7. The third-order valence-electron chi connectivity index (χ3n) is 4.02. The molecule has 3 aromatic rings. The van der Waals surface area contributed by atoms with Crippen molar-refractivity contribution in [2.24, 2.45) is 0 Å². The summed E-state index contributed by atoms with van der Waals surface area (Å²) >= 11 is 5.65. The number of fused-ring (bicyclic) bond motifs is 1. The number of aliphatic carboxylic acids is 1. The molecular weight excluding hydrogens is 349 g/mol. The molecule has 3 rings (SSSR count). The number of phenols is 1. The third kappa shape index (κ3) is 2.96. The molecule has 1 aromatic heterocycles. The molecular formula is C18H13ClFNO4. The van der Waals surface area contributed by atoms with Gasteiger partial charge in [-0.15, -0.1) is 0 Å². The van der Waals surface area contributed by atoms with E-state index in [1.807, 2.05) is 0 Å². The Labute approximate surface area is 146 Å². The third-order valence-corrected chi connectivity index (χ3v) is 4.32. The average Bonchev–Trinajstić information content (AvgIpc) is 2.81. The van der Waals surface area contributed by atoms with Crippen molar-refractivity contribution in [3.63, 3.8) is 0 Å². The number of rotatable bonds is 3. The number of nitrogens with zero attached hydrogens (tertiary/aromatic N) is 1. The fraction of sp³-hybridized carbons (Fsp3) is 0.111. The topological polar surface area (TPSA) is 79.5 Å². The molecule has 2 aromatic carbocycles. The lowest BCUT2D eigenvalue weighted by Crippen LogP contribution is -2.14. The Morgan fingerprint density at radius 1 is 1.20 bits per heavy atom. The number of aromatic nitrogens is 1. The van der Waals surface area contributed by atoms with Crippen LogP contribution in [0.3, 0.4) is 0 Å². The highest BCUT2D eigenvalue weighted by Gasteiger charge is 2.22. The predicted octanol–water partition coefficient (Wildman–Crippen LogP) is 3.76. The molecule has 25 heavy (non-hydrogen) atoms. The van der Waals surface area contributed by atoms with E-state index in [9.17, 15) is 19.1 Å². The quantitative estimate of drug-likeness (QED) is 0.744. The summed E-state index contributed by atoms with van der Waals surface area (Å²) in [6.07, 6.45) is -0.305. The number of aromatic hydroxyl groups is 1. The summed E-state index contributed by atoms with van der Waals surface area (Å²) in [5, 5.41) is 19.2. The van der Waals surface area contributed by atoms with Gasteiger partial charge in [0.05, 0.1) is 17.0 Å². The average molecular weight is 362 g/mol. The standard InChI is InChI=1S/C18H13ClFNO4/c1-9-12(8-17(23)24)13-7-11(22)3-5-16(13)21(9)18(25)10-2-4-14(19)15(20)6-10/h2-7,22H,8H2,1H3,(H,23,24). The number of hydrogen-bond donors (Lipinski definition) is 2.